The zero-order valence-electron chi connectivity index (χ0n) is 15.7. The van der Waals surface area contributed by atoms with Crippen LogP contribution in [0.25, 0.3) is 11.0 Å². The van der Waals surface area contributed by atoms with E-state index in [1.807, 2.05) is 12.1 Å². The Hall–Kier alpha value is -2.86. The van der Waals surface area contributed by atoms with E-state index in [0.717, 1.165) is 67.4 Å². The predicted molar refractivity (Wildman–Crippen MR) is 113 cm³/mol. The summed E-state index contributed by atoms with van der Waals surface area (Å²) in [4.78, 5) is 27.0. The number of nitriles is 1. The molecule has 2 aliphatic rings. The van der Waals surface area contributed by atoms with Gasteiger partial charge in [0, 0.05) is 50.4 Å². The highest BCUT2D eigenvalue weighted by atomic mass is 79.9. The highest BCUT2D eigenvalue weighted by Crippen LogP contribution is 2.35. The molecule has 8 nitrogen and oxygen atoms in total. The molecule has 0 aromatic carbocycles. The Labute approximate surface area is 176 Å². The molecule has 2 aliphatic heterocycles. The van der Waals surface area contributed by atoms with Crippen LogP contribution in [0, 0.1) is 17.2 Å². The summed E-state index contributed by atoms with van der Waals surface area (Å²) in [5, 5.41) is 9.14. The second-order valence-electron chi connectivity index (χ2n) is 7.47. The van der Waals surface area contributed by atoms with E-state index < -0.39 is 0 Å². The molecule has 0 bridgehead atoms. The Morgan fingerprint density at radius 1 is 0.966 bits per heavy atom. The van der Waals surface area contributed by atoms with Crippen LogP contribution < -0.4 is 9.80 Å². The SMILES string of the molecule is N#CC1CCN(c2nccnc2C2CN(c3ccc4nc(Br)ncc4n3)C2)CC1. The molecule has 0 unspecified atom stereocenters. The fourth-order valence-corrected chi connectivity index (χ4v) is 4.29. The first-order valence-corrected chi connectivity index (χ1v) is 10.5. The van der Waals surface area contributed by atoms with Crippen molar-refractivity contribution in [2.24, 2.45) is 5.92 Å². The Balaban J connectivity index is 1.31. The Kier molecular flexibility index (Phi) is 4.72. The van der Waals surface area contributed by atoms with Gasteiger partial charge in [0.2, 0.25) is 0 Å². The number of pyridine rings is 1. The van der Waals surface area contributed by atoms with Crippen LogP contribution in [-0.4, -0.2) is 51.1 Å². The molecule has 5 heterocycles. The van der Waals surface area contributed by atoms with Crippen LogP contribution in [0.3, 0.4) is 0 Å². The molecule has 0 N–H and O–H groups in total. The molecule has 0 atom stereocenters. The topological polar surface area (TPSA) is 94.7 Å². The van der Waals surface area contributed by atoms with Gasteiger partial charge in [-0.25, -0.2) is 19.9 Å². The van der Waals surface area contributed by atoms with E-state index >= 15 is 0 Å². The summed E-state index contributed by atoms with van der Waals surface area (Å²) in [5.74, 6) is 2.39. The lowest BCUT2D eigenvalue weighted by atomic mass is 9.94. The van der Waals surface area contributed by atoms with E-state index in [4.69, 9.17) is 10.2 Å². The van der Waals surface area contributed by atoms with Crippen LogP contribution in [0.4, 0.5) is 11.6 Å². The zero-order valence-corrected chi connectivity index (χ0v) is 17.3. The maximum atomic E-state index is 9.14. The van der Waals surface area contributed by atoms with Crippen LogP contribution in [0.1, 0.15) is 24.5 Å². The predicted octanol–water partition coefficient (Wildman–Crippen LogP) is 2.92. The van der Waals surface area contributed by atoms with Gasteiger partial charge < -0.3 is 9.80 Å². The van der Waals surface area contributed by atoms with Gasteiger partial charge in [0.05, 0.1) is 23.5 Å². The van der Waals surface area contributed by atoms with Crippen molar-refractivity contribution in [1.82, 2.24) is 24.9 Å². The second-order valence-corrected chi connectivity index (χ2v) is 8.18. The molecular formula is C20H19BrN8. The molecule has 146 valence electrons. The molecule has 5 rings (SSSR count). The monoisotopic (exact) mass is 450 g/mol. The normalized spacial score (nSPS) is 17.9. The summed E-state index contributed by atoms with van der Waals surface area (Å²) < 4.78 is 0.567. The van der Waals surface area contributed by atoms with E-state index in [-0.39, 0.29) is 5.92 Å². The Morgan fingerprint density at radius 2 is 1.76 bits per heavy atom. The maximum Gasteiger partial charge on any atom is 0.197 e. The van der Waals surface area contributed by atoms with E-state index in [9.17, 15) is 0 Å². The fraction of sp³-hybridized carbons (Fsp3) is 0.400. The molecule has 3 aromatic heterocycles. The van der Waals surface area contributed by atoms with Crippen molar-refractivity contribution in [3.8, 4) is 6.07 Å². The number of halogens is 1. The molecule has 0 saturated carbocycles. The first-order chi connectivity index (χ1) is 14.2. The zero-order chi connectivity index (χ0) is 19.8. The lowest BCUT2D eigenvalue weighted by Gasteiger charge is -2.41. The van der Waals surface area contributed by atoms with E-state index in [0.29, 0.717) is 10.7 Å². The lowest BCUT2D eigenvalue weighted by Crippen LogP contribution is -2.47. The summed E-state index contributed by atoms with van der Waals surface area (Å²) in [7, 11) is 0. The van der Waals surface area contributed by atoms with Gasteiger partial charge in [0.25, 0.3) is 0 Å². The van der Waals surface area contributed by atoms with Gasteiger partial charge in [-0.15, -0.1) is 0 Å². The summed E-state index contributed by atoms with van der Waals surface area (Å²) in [6, 6.07) is 6.37. The van der Waals surface area contributed by atoms with Gasteiger partial charge in [0.15, 0.2) is 10.6 Å². The van der Waals surface area contributed by atoms with Gasteiger partial charge in [0.1, 0.15) is 11.3 Å². The molecule has 2 saturated heterocycles. The summed E-state index contributed by atoms with van der Waals surface area (Å²) in [5.41, 5.74) is 2.66. The van der Waals surface area contributed by atoms with E-state index in [1.54, 1.807) is 18.6 Å². The van der Waals surface area contributed by atoms with E-state index in [1.165, 1.54) is 0 Å². The van der Waals surface area contributed by atoms with Crippen molar-refractivity contribution in [3.05, 3.63) is 41.2 Å². The van der Waals surface area contributed by atoms with Gasteiger partial charge in [-0.1, -0.05) is 0 Å². The third-order valence-electron chi connectivity index (χ3n) is 5.67. The third-order valence-corrected chi connectivity index (χ3v) is 6.05. The van der Waals surface area contributed by atoms with Crippen molar-refractivity contribution >= 4 is 38.6 Å². The van der Waals surface area contributed by atoms with Gasteiger partial charge in [-0.05, 0) is 40.9 Å². The number of rotatable bonds is 3. The summed E-state index contributed by atoms with van der Waals surface area (Å²) in [6.45, 7) is 3.44. The molecule has 9 heteroatoms. The summed E-state index contributed by atoms with van der Waals surface area (Å²) >= 11 is 3.29. The van der Waals surface area contributed by atoms with Gasteiger partial charge >= 0.3 is 0 Å². The number of hydrogen-bond donors (Lipinski definition) is 0. The molecule has 0 amide bonds. The Bertz CT molecular complexity index is 1080. The first kappa shape index (κ1) is 18.2. The number of nitrogens with zero attached hydrogens (tertiary/aromatic N) is 8. The molecule has 29 heavy (non-hydrogen) atoms. The van der Waals surface area contributed by atoms with Gasteiger partial charge in [-0.2, -0.15) is 5.26 Å². The number of hydrogen-bond acceptors (Lipinski definition) is 8. The molecule has 2 fully saturated rings. The maximum absolute atomic E-state index is 9.14. The quantitative estimate of drug-likeness (QED) is 0.561. The molecular weight excluding hydrogens is 432 g/mol. The fourth-order valence-electron chi connectivity index (χ4n) is 4.00. The van der Waals surface area contributed by atoms with E-state index in [2.05, 4.69) is 51.7 Å². The smallest absolute Gasteiger partial charge is 0.197 e. The van der Waals surface area contributed by atoms with Crippen LogP contribution in [0.5, 0.6) is 0 Å². The minimum atomic E-state index is 0.161. The summed E-state index contributed by atoms with van der Waals surface area (Å²) in [6.07, 6.45) is 7.05. The average molecular weight is 451 g/mol. The van der Waals surface area contributed by atoms with Crippen molar-refractivity contribution < 1.29 is 0 Å². The molecule has 0 spiro atoms. The van der Waals surface area contributed by atoms with Crippen molar-refractivity contribution in [1.29, 1.82) is 5.26 Å². The first-order valence-electron chi connectivity index (χ1n) is 9.71. The second kappa shape index (κ2) is 7.52. The largest absolute Gasteiger partial charge is 0.355 e. The minimum absolute atomic E-state index is 0.161. The van der Waals surface area contributed by atoms with Crippen LogP contribution >= 0.6 is 15.9 Å². The molecule has 0 radical (unpaired) electrons. The number of anilines is 2. The van der Waals surface area contributed by atoms with Crippen molar-refractivity contribution in [2.75, 3.05) is 36.0 Å². The lowest BCUT2D eigenvalue weighted by molar-refractivity contribution is 0.473. The number of fused-ring (bicyclic) bond motifs is 1. The average Bonchev–Trinajstić information content (AvgIpc) is 2.73. The van der Waals surface area contributed by atoms with Crippen LogP contribution in [-0.2, 0) is 0 Å². The third kappa shape index (κ3) is 3.49. The van der Waals surface area contributed by atoms with Crippen LogP contribution in [0.15, 0.2) is 35.5 Å². The molecule has 3 aromatic rings. The standard InChI is InChI=1S/C20H19BrN8/c21-20-25-10-16-15(27-20)1-2-17(26-16)29-11-14(12-29)18-19(24-6-5-23-18)28-7-3-13(9-22)4-8-28/h1-2,5-6,10,13-14H,3-4,7-8,11-12H2. The number of piperidine rings is 1. The van der Waals surface area contributed by atoms with Crippen molar-refractivity contribution in [2.45, 2.75) is 18.8 Å². The minimum Gasteiger partial charge on any atom is -0.355 e. The van der Waals surface area contributed by atoms with Crippen molar-refractivity contribution in [3.63, 3.8) is 0 Å². The van der Waals surface area contributed by atoms with Crippen LogP contribution in [0.2, 0.25) is 0 Å². The number of aromatic nitrogens is 5. The highest BCUT2D eigenvalue weighted by Gasteiger charge is 2.34. The van der Waals surface area contributed by atoms with Gasteiger partial charge in [-0.3, -0.25) is 4.98 Å². The Morgan fingerprint density at radius 3 is 2.55 bits per heavy atom. The molecule has 0 aliphatic carbocycles. The highest BCUT2D eigenvalue weighted by molar-refractivity contribution is 9.10.